The van der Waals surface area contributed by atoms with E-state index < -0.39 is 0 Å². The van der Waals surface area contributed by atoms with Crippen molar-refractivity contribution in [3.63, 3.8) is 0 Å². The van der Waals surface area contributed by atoms with Crippen molar-refractivity contribution in [2.75, 3.05) is 13.1 Å². The van der Waals surface area contributed by atoms with Crippen LogP contribution in [0, 0.1) is 0 Å². The molecule has 0 bridgehead atoms. The second-order valence-corrected chi connectivity index (χ2v) is 5.92. The Morgan fingerprint density at radius 3 is 2.85 bits per heavy atom. The summed E-state index contributed by atoms with van der Waals surface area (Å²) in [6, 6.07) is 12.5. The first-order chi connectivity index (χ1) is 9.92. The molecule has 2 heterocycles. The van der Waals surface area contributed by atoms with Gasteiger partial charge in [0.15, 0.2) is 0 Å². The molecule has 2 aromatic heterocycles. The monoisotopic (exact) mass is 285 g/mol. The van der Waals surface area contributed by atoms with Crippen molar-refractivity contribution in [2.45, 2.75) is 19.3 Å². The standard InChI is InChI=1S/C16H19N3S/c1-2-7-15-14(6-1)18-16(19-15)8-3-10-17-11-9-13-5-4-12-20-13/h1-2,4-7,12,17H,3,8-11H2,(H,18,19). The summed E-state index contributed by atoms with van der Waals surface area (Å²) in [6.45, 7) is 2.10. The highest BCUT2D eigenvalue weighted by atomic mass is 32.1. The number of benzene rings is 1. The molecule has 0 saturated carbocycles. The van der Waals surface area contributed by atoms with Gasteiger partial charge in [0.1, 0.15) is 5.82 Å². The molecule has 0 fully saturated rings. The molecule has 4 heteroatoms. The second-order valence-electron chi connectivity index (χ2n) is 4.88. The molecule has 0 aliphatic rings. The molecule has 0 amide bonds. The Bertz CT molecular complexity index is 610. The van der Waals surface area contributed by atoms with Crippen LogP contribution in [0.1, 0.15) is 17.1 Å². The van der Waals surface area contributed by atoms with Gasteiger partial charge in [0.05, 0.1) is 11.0 Å². The van der Waals surface area contributed by atoms with Crippen LogP contribution >= 0.6 is 11.3 Å². The van der Waals surface area contributed by atoms with Gasteiger partial charge in [0, 0.05) is 11.3 Å². The first kappa shape index (κ1) is 13.3. The summed E-state index contributed by atoms with van der Waals surface area (Å²) in [5.41, 5.74) is 2.20. The van der Waals surface area contributed by atoms with E-state index in [2.05, 4.69) is 44.9 Å². The quantitative estimate of drug-likeness (QED) is 0.653. The molecule has 20 heavy (non-hydrogen) atoms. The fraction of sp³-hybridized carbons (Fsp3) is 0.312. The van der Waals surface area contributed by atoms with Crippen LogP contribution in [0.4, 0.5) is 0 Å². The summed E-state index contributed by atoms with van der Waals surface area (Å²) < 4.78 is 0. The average Bonchev–Trinajstić information content (AvgIpc) is 3.11. The second kappa shape index (κ2) is 6.68. The van der Waals surface area contributed by atoms with E-state index in [0.29, 0.717) is 0 Å². The van der Waals surface area contributed by atoms with Gasteiger partial charge >= 0.3 is 0 Å². The SMILES string of the molecule is c1csc(CCNCCCc2nc3ccccc3[nH]2)c1. The van der Waals surface area contributed by atoms with Crippen molar-refractivity contribution in [2.24, 2.45) is 0 Å². The van der Waals surface area contributed by atoms with Crippen LogP contribution in [0.5, 0.6) is 0 Å². The minimum absolute atomic E-state index is 1.00. The summed E-state index contributed by atoms with van der Waals surface area (Å²) in [4.78, 5) is 9.41. The molecular weight excluding hydrogens is 266 g/mol. The highest BCUT2D eigenvalue weighted by Crippen LogP contribution is 2.11. The van der Waals surface area contributed by atoms with Gasteiger partial charge in [0.25, 0.3) is 0 Å². The number of nitrogens with one attached hydrogen (secondary N) is 2. The largest absolute Gasteiger partial charge is 0.342 e. The number of hydrogen-bond donors (Lipinski definition) is 2. The van der Waals surface area contributed by atoms with Crippen molar-refractivity contribution < 1.29 is 0 Å². The normalized spacial score (nSPS) is 11.2. The van der Waals surface area contributed by atoms with Crippen molar-refractivity contribution in [3.8, 4) is 0 Å². The zero-order valence-electron chi connectivity index (χ0n) is 11.4. The van der Waals surface area contributed by atoms with Gasteiger partial charge in [-0.25, -0.2) is 4.98 Å². The summed E-state index contributed by atoms with van der Waals surface area (Å²) in [6.07, 6.45) is 3.24. The minimum atomic E-state index is 1.00. The smallest absolute Gasteiger partial charge is 0.107 e. The van der Waals surface area contributed by atoms with E-state index in [0.717, 1.165) is 49.2 Å². The van der Waals surface area contributed by atoms with Gasteiger partial charge in [0.2, 0.25) is 0 Å². The number of thiophene rings is 1. The van der Waals surface area contributed by atoms with Gasteiger partial charge in [-0.05, 0) is 49.5 Å². The number of nitrogens with zero attached hydrogens (tertiary/aromatic N) is 1. The molecule has 0 radical (unpaired) electrons. The Balaban J connectivity index is 1.37. The molecule has 0 aliphatic carbocycles. The number of fused-ring (bicyclic) bond motifs is 1. The molecule has 0 atom stereocenters. The molecule has 3 aromatic rings. The van der Waals surface area contributed by atoms with E-state index >= 15 is 0 Å². The maximum absolute atomic E-state index is 4.59. The Morgan fingerprint density at radius 1 is 1.05 bits per heavy atom. The van der Waals surface area contributed by atoms with Gasteiger partial charge in [-0.1, -0.05) is 18.2 Å². The first-order valence-electron chi connectivity index (χ1n) is 7.08. The fourth-order valence-electron chi connectivity index (χ4n) is 2.30. The highest BCUT2D eigenvalue weighted by Gasteiger charge is 2.01. The van der Waals surface area contributed by atoms with Gasteiger partial charge < -0.3 is 10.3 Å². The summed E-state index contributed by atoms with van der Waals surface area (Å²) in [5, 5.41) is 5.63. The number of H-pyrrole nitrogens is 1. The highest BCUT2D eigenvalue weighted by molar-refractivity contribution is 7.09. The zero-order valence-corrected chi connectivity index (χ0v) is 12.2. The number of imidazole rings is 1. The van der Waals surface area contributed by atoms with Crippen LogP contribution in [0.2, 0.25) is 0 Å². The van der Waals surface area contributed by atoms with Crippen LogP contribution in [0.15, 0.2) is 41.8 Å². The average molecular weight is 285 g/mol. The zero-order chi connectivity index (χ0) is 13.6. The first-order valence-corrected chi connectivity index (χ1v) is 7.96. The van der Waals surface area contributed by atoms with Crippen molar-refractivity contribution >= 4 is 22.4 Å². The molecule has 0 unspecified atom stereocenters. The summed E-state index contributed by atoms with van der Waals surface area (Å²) in [7, 11) is 0. The van der Waals surface area contributed by atoms with E-state index in [1.807, 2.05) is 23.5 Å². The van der Waals surface area contributed by atoms with E-state index in [1.54, 1.807) is 0 Å². The van der Waals surface area contributed by atoms with Crippen molar-refractivity contribution in [1.82, 2.24) is 15.3 Å². The third kappa shape index (κ3) is 3.46. The molecule has 104 valence electrons. The van der Waals surface area contributed by atoms with Crippen molar-refractivity contribution in [3.05, 3.63) is 52.5 Å². The lowest BCUT2D eigenvalue weighted by Crippen LogP contribution is -2.18. The molecular formula is C16H19N3S. The van der Waals surface area contributed by atoms with E-state index in [9.17, 15) is 0 Å². The Labute approximate surface area is 123 Å². The predicted molar refractivity (Wildman–Crippen MR) is 85.3 cm³/mol. The van der Waals surface area contributed by atoms with Crippen LogP contribution in [-0.4, -0.2) is 23.1 Å². The fourth-order valence-corrected chi connectivity index (χ4v) is 3.01. The molecule has 0 aliphatic heterocycles. The van der Waals surface area contributed by atoms with Crippen LogP contribution in [0.25, 0.3) is 11.0 Å². The lowest BCUT2D eigenvalue weighted by Gasteiger charge is -2.02. The Kier molecular flexibility index (Phi) is 4.46. The third-order valence-electron chi connectivity index (χ3n) is 3.33. The molecule has 3 rings (SSSR count). The summed E-state index contributed by atoms with van der Waals surface area (Å²) >= 11 is 1.83. The van der Waals surface area contributed by atoms with Crippen LogP contribution < -0.4 is 5.32 Å². The number of rotatable bonds is 7. The topological polar surface area (TPSA) is 40.7 Å². The number of hydrogen-bond acceptors (Lipinski definition) is 3. The number of aromatic nitrogens is 2. The van der Waals surface area contributed by atoms with Crippen molar-refractivity contribution in [1.29, 1.82) is 0 Å². The van der Waals surface area contributed by atoms with E-state index in [4.69, 9.17) is 0 Å². The lowest BCUT2D eigenvalue weighted by atomic mass is 10.3. The molecule has 0 saturated heterocycles. The Hall–Kier alpha value is -1.65. The van der Waals surface area contributed by atoms with E-state index in [-0.39, 0.29) is 0 Å². The minimum Gasteiger partial charge on any atom is -0.342 e. The van der Waals surface area contributed by atoms with Crippen LogP contribution in [-0.2, 0) is 12.8 Å². The molecule has 0 spiro atoms. The predicted octanol–water partition coefficient (Wildman–Crippen LogP) is 3.39. The van der Waals surface area contributed by atoms with Gasteiger partial charge in [-0.3, -0.25) is 0 Å². The van der Waals surface area contributed by atoms with Gasteiger partial charge in [-0.15, -0.1) is 11.3 Å². The Morgan fingerprint density at radius 2 is 2.00 bits per heavy atom. The molecule has 1 aromatic carbocycles. The van der Waals surface area contributed by atoms with E-state index in [1.165, 1.54) is 4.88 Å². The number of aryl methyl sites for hydroxylation is 1. The van der Waals surface area contributed by atoms with Crippen LogP contribution in [0.3, 0.4) is 0 Å². The molecule has 2 N–H and O–H groups in total. The number of aromatic amines is 1. The maximum Gasteiger partial charge on any atom is 0.107 e. The van der Waals surface area contributed by atoms with Gasteiger partial charge in [-0.2, -0.15) is 0 Å². The summed E-state index contributed by atoms with van der Waals surface area (Å²) in [5.74, 6) is 1.09. The molecule has 3 nitrogen and oxygen atoms in total. The third-order valence-corrected chi connectivity index (χ3v) is 4.27. The number of para-hydroxylation sites is 2. The maximum atomic E-state index is 4.59. The lowest BCUT2D eigenvalue weighted by molar-refractivity contribution is 0.642.